The molecule has 1 amide bonds. The Hall–Kier alpha value is -6.23. The summed E-state index contributed by atoms with van der Waals surface area (Å²) >= 11 is 0. The number of ether oxygens (including phenoxy) is 1. The molecule has 6 aromatic rings. The first-order valence-electron chi connectivity index (χ1n) is 26.1. The van der Waals surface area contributed by atoms with Crippen LogP contribution in [0.3, 0.4) is 0 Å². The Morgan fingerprint density at radius 1 is 0.431 bits per heavy atom. The fourth-order valence-corrected chi connectivity index (χ4v) is 10.8. The Morgan fingerprint density at radius 3 is 1.01 bits per heavy atom. The summed E-state index contributed by atoms with van der Waals surface area (Å²) in [5, 5.41) is 1.37. The number of rotatable bonds is 19. The second kappa shape index (κ2) is 28.7. The number of carbonyl (C=O) groups is 3. The Morgan fingerprint density at radius 2 is 0.722 bits per heavy atom. The van der Waals surface area contributed by atoms with Gasteiger partial charge in [-0.05, 0) is 91.2 Å². The van der Waals surface area contributed by atoms with Crippen LogP contribution in [0.1, 0.15) is 91.2 Å². The minimum Gasteiger partial charge on any atom is -0.469 e. The molecule has 0 bridgehead atoms. The highest BCUT2D eigenvalue weighted by atomic mass is 16.7. The average molecular weight is 969 g/mol. The van der Waals surface area contributed by atoms with E-state index in [1.165, 1.54) is 45.6 Å². The van der Waals surface area contributed by atoms with Gasteiger partial charge in [-0.1, -0.05) is 182 Å². The van der Waals surface area contributed by atoms with Gasteiger partial charge in [0.05, 0.1) is 20.1 Å². The smallest absolute Gasteiger partial charge is 0.308 e. The predicted octanol–water partition coefficient (Wildman–Crippen LogP) is 12.0. The third kappa shape index (κ3) is 16.7. The molecule has 0 radical (unpaired) electrons. The van der Waals surface area contributed by atoms with Crippen molar-refractivity contribution in [3.8, 4) is 0 Å². The lowest BCUT2D eigenvalue weighted by atomic mass is 10.1. The van der Waals surface area contributed by atoms with Crippen molar-refractivity contribution >= 4 is 18.2 Å². The van der Waals surface area contributed by atoms with Crippen molar-refractivity contribution in [2.45, 2.75) is 115 Å². The van der Waals surface area contributed by atoms with Gasteiger partial charge in [0, 0.05) is 76.3 Å². The number of hydrogen-bond acceptors (Lipinski definition) is 8. The molecule has 9 nitrogen and oxygen atoms in total. The van der Waals surface area contributed by atoms with Crippen LogP contribution in [0.4, 0.5) is 0 Å². The van der Waals surface area contributed by atoms with Gasteiger partial charge in [-0.3, -0.25) is 29.1 Å². The van der Waals surface area contributed by atoms with Crippen molar-refractivity contribution in [1.29, 1.82) is 0 Å². The van der Waals surface area contributed by atoms with Gasteiger partial charge in [-0.25, -0.2) is 5.06 Å². The molecule has 3 fully saturated rings. The van der Waals surface area contributed by atoms with Gasteiger partial charge in [-0.2, -0.15) is 0 Å². The molecule has 6 aromatic carbocycles. The summed E-state index contributed by atoms with van der Waals surface area (Å²) in [5.41, 5.74) is 7.94. The Kier molecular flexibility index (Phi) is 21.4. The molecule has 3 unspecified atom stereocenters. The minimum atomic E-state index is -0.0585. The van der Waals surface area contributed by atoms with Crippen molar-refractivity contribution < 1.29 is 24.0 Å². The average Bonchev–Trinajstić information content (AvgIpc) is 4.25. The Labute approximate surface area is 429 Å². The van der Waals surface area contributed by atoms with Crippen LogP contribution in [0.2, 0.25) is 0 Å². The summed E-state index contributed by atoms with van der Waals surface area (Å²) in [4.78, 5) is 48.0. The summed E-state index contributed by atoms with van der Waals surface area (Å²) in [6.07, 6.45) is 10.1. The Bertz CT molecular complexity index is 2340. The molecule has 0 heterocycles. The maximum atomic E-state index is 12.4. The molecule has 9 heteroatoms. The lowest BCUT2D eigenvalue weighted by molar-refractivity contribution is -0.173. The van der Waals surface area contributed by atoms with E-state index in [1.54, 1.807) is 14.2 Å². The molecule has 0 aromatic heterocycles. The molecule has 6 atom stereocenters. The van der Waals surface area contributed by atoms with Gasteiger partial charge < -0.3 is 9.53 Å². The zero-order valence-corrected chi connectivity index (χ0v) is 42.8. The summed E-state index contributed by atoms with van der Waals surface area (Å²) in [7, 11) is 4.73. The number of aldehydes is 1. The Balaban J connectivity index is 0.000000159. The van der Waals surface area contributed by atoms with E-state index >= 15 is 0 Å². The fraction of sp³-hybridized carbons (Fsp3) is 0.381. The maximum Gasteiger partial charge on any atom is 0.308 e. The van der Waals surface area contributed by atoms with Crippen LogP contribution < -0.4 is 0 Å². The molecule has 0 N–H and O–H groups in total. The van der Waals surface area contributed by atoms with E-state index in [0.717, 1.165) is 103 Å². The highest BCUT2D eigenvalue weighted by molar-refractivity contribution is 5.78. The van der Waals surface area contributed by atoms with E-state index in [2.05, 4.69) is 185 Å². The van der Waals surface area contributed by atoms with Gasteiger partial charge >= 0.3 is 5.97 Å². The molecular weight excluding hydrogens is 893 g/mol. The minimum absolute atomic E-state index is 0.0500. The lowest BCUT2D eigenvalue weighted by Crippen LogP contribution is -2.35. The third-order valence-electron chi connectivity index (χ3n) is 14.8. The van der Waals surface area contributed by atoms with Crippen LogP contribution in [-0.2, 0) is 63.2 Å². The quantitative estimate of drug-likeness (QED) is 0.0451. The number of hydrogen-bond donors (Lipinski definition) is 0. The number of methoxy groups -OCH3 is 1. The first-order chi connectivity index (χ1) is 35.3. The van der Waals surface area contributed by atoms with E-state index in [9.17, 15) is 14.4 Å². The van der Waals surface area contributed by atoms with Crippen LogP contribution in [0.25, 0.3) is 0 Å². The van der Waals surface area contributed by atoms with Gasteiger partial charge in [0.1, 0.15) is 6.29 Å². The number of nitrogens with zero attached hydrogens (tertiary/aromatic N) is 4. The highest BCUT2D eigenvalue weighted by Crippen LogP contribution is 2.34. The first kappa shape index (κ1) is 53.6. The summed E-state index contributed by atoms with van der Waals surface area (Å²) in [6, 6.07) is 64.9. The molecule has 0 saturated heterocycles. The van der Waals surface area contributed by atoms with E-state index < -0.39 is 0 Å². The molecular formula is C63H76N4O5. The molecule has 378 valence electrons. The van der Waals surface area contributed by atoms with E-state index in [1.807, 2.05) is 12.1 Å². The van der Waals surface area contributed by atoms with Crippen LogP contribution in [-0.4, -0.2) is 77.3 Å². The topological polar surface area (TPSA) is 82.6 Å². The largest absolute Gasteiger partial charge is 0.469 e. The van der Waals surface area contributed by atoms with Crippen molar-refractivity contribution in [3.05, 3.63) is 215 Å². The van der Waals surface area contributed by atoms with Gasteiger partial charge in [-0.15, -0.1) is 0 Å². The number of benzene rings is 6. The van der Waals surface area contributed by atoms with Crippen LogP contribution in [0.5, 0.6) is 0 Å². The SMILES string of the molecule is COC(=O)C1CC[C@H](N(Cc2ccccc2)Cc2ccccc2)C1.CON(C)C(=O)C1CC[C@H](N(Cc2ccccc2)Cc2ccccc2)C1.O=CC1CC[C@H](N(Cc2ccccc2)Cc2ccccc2)C1. The number of amides is 1. The van der Waals surface area contributed by atoms with Crippen molar-refractivity contribution in [1.82, 2.24) is 19.8 Å². The first-order valence-corrected chi connectivity index (χ1v) is 26.1. The molecule has 0 aliphatic heterocycles. The molecule has 9 rings (SSSR count). The van der Waals surface area contributed by atoms with Crippen molar-refractivity contribution in [3.63, 3.8) is 0 Å². The second-order valence-corrected chi connectivity index (χ2v) is 19.9. The van der Waals surface area contributed by atoms with Gasteiger partial charge in [0.15, 0.2) is 0 Å². The van der Waals surface area contributed by atoms with Gasteiger partial charge in [0.25, 0.3) is 0 Å². The lowest BCUT2D eigenvalue weighted by Gasteiger charge is -2.29. The molecule has 3 aliphatic carbocycles. The number of carbonyl (C=O) groups excluding carboxylic acids is 3. The monoisotopic (exact) mass is 969 g/mol. The summed E-state index contributed by atoms with van der Waals surface area (Å²) in [6.45, 7) is 5.53. The van der Waals surface area contributed by atoms with Gasteiger partial charge in [0.2, 0.25) is 5.91 Å². The molecule has 3 aliphatic rings. The van der Waals surface area contributed by atoms with Crippen LogP contribution >= 0.6 is 0 Å². The predicted molar refractivity (Wildman–Crippen MR) is 288 cm³/mol. The van der Waals surface area contributed by atoms with Crippen molar-refractivity contribution in [2.24, 2.45) is 17.8 Å². The standard InChI is InChI=1S/C22H28N2O2.C21H25NO2.C20H23NO/c1-23(26-2)22(25)20-13-14-21(15-20)24(16-18-9-5-3-6-10-18)17-19-11-7-4-8-12-19;1-24-21(23)19-12-13-20(14-19)22(15-17-8-4-2-5-9-17)16-18-10-6-3-7-11-18;22-16-19-11-12-20(13-19)21(14-17-7-3-1-4-8-17)15-18-9-5-2-6-10-18/h3-12,20-21H,13-17H2,1-2H3;2-11,19-20H,12-16H2,1H3;1-10,16,19-20H,11-15H2/t20?,21-;2*19?,20-/m000/s1. The van der Waals surface area contributed by atoms with E-state index in [-0.39, 0.29) is 29.6 Å². The highest BCUT2D eigenvalue weighted by Gasteiger charge is 2.36. The number of esters is 1. The fourth-order valence-electron chi connectivity index (χ4n) is 10.8. The molecule has 3 saturated carbocycles. The second-order valence-electron chi connectivity index (χ2n) is 19.9. The third-order valence-corrected chi connectivity index (χ3v) is 14.8. The maximum absolute atomic E-state index is 12.4. The zero-order valence-electron chi connectivity index (χ0n) is 42.8. The summed E-state index contributed by atoms with van der Waals surface area (Å²) < 4.78 is 4.94. The number of hydroxylamine groups is 2. The van der Waals surface area contributed by atoms with E-state index in [0.29, 0.717) is 18.1 Å². The molecule has 0 spiro atoms. The summed E-state index contributed by atoms with van der Waals surface area (Å²) in [5.74, 6) is 0.387. The zero-order chi connectivity index (χ0) is 50.3. The van der Waals surface area contributed by atoms with Crippen molar-refractivity contribution in [2.75, 3.05) is 21.3 Å². The normalized spacial score (nSPS) is 20.3. The molecule has 72 heavy (non-hydrogen) atoms. The van der Waals surface area contributed by atoms with Crippen LogP contribution in [0.15, 0.2) is 182 Å². The van der Waals surface area contributed by atoms with Crippen LogP contribution in [0, 0.1) is 17.8 Å². The van der Waals surface area contributed by atoms with E-state index in [4.69, 9.17) is 9.57 Å².